The molecule has 0 aliphatic heterocycles. The zero-order valence-electron chi connectivity index (χ0n) is 12.6. The first-order valence-electron chi connectivity index (χ1n) is 7.56. The fraction of sp³-hybridized carbons (Fsp3) is 0.588. The van der Waals surface area contributed by atoms with Crippen LogP contribution in [0.2, 0.25) is 0 Å². The van der Waals surface area contributed by atoms with E-state index in [1.807, 2.05) is 30.3 Å². The third kappa shape index (κ3) is 1.91. The Morgan fingerprint density at radius 1 is 1.20 bits per heavy atom. The van der Waals surface area contributed by atoms with E-state index in [9.17, 15) is 4.79 Å². The number of amides is 2. The summed E-state index contributed by atoms with van der Waals surface area (Å²) in [6.07, 6.45) is 3.65. The SMILES string of the molecule is CC1(C)[C@H]2CC[C@@]1(C)[C@H](NC(=O)Nc1ccccc1)C2. The summed E-state index contributed by atoms with van der Waals surface area (Å²) in [5.74, 6) is 0.745. The van der Waals surface area contributed by atoms with Gasteiger partial charge in [-0.05, 0) is 48.1 Å². The number of hydrogen-bond acceptors (Lipinski definition) is 1. The Morgan fingerprint density at radius 3 is 2.45 bits per heavy atom. The predicted molar refractivity (Wildman–Crippen MR) is 81.6 cm³/mol. The van der Waals surface area contributed by atoms with Gasteiger partial charge in [0.1, 0.15) is 0 Å². The van der Waals surface area contributed by atoms with Gasteiger partial charge in [-0.2, -0.15) is 0 Å². The van der Waals surface area contributed by atoms with Crippen molar-refractivity contribution in [1.82, 2.24) is 5.32 Å². The molecule has 108 valence electrons. The lowest BCUT2D eigenvalue weighted by Crippen LogP contribution is -2.48. The summed E-state index contributed by atoms with van der Waals surface area (Å²) in [6, 6.07) is 9.83. The van der Waals surface area contributed by atoms with Gasteiger partial charge in [-0.3, -0.25) is 0 Å². The highest BCUT2D eigenvalue weighted by Gasteiger charge is 2.61. The molecule has 0 saturated heterocycles. The zero-order valence-corrected chi connectivity index (χ0v) is 12.6. The largest absolute Gasteiger partial charge is 0.335 e. The van der Waals surface area contributed by atoms with E-state index in [2.05, 4.69) is 31.4 Å². The van der Waals surface area contributed by atoms with Gasteiger partial charge >= 0.3 is 6.03 Å². The maximum atomic E-state index is 12.2. The normalized spacial score (nSPS) is 34.0. The van der Waals surface area contributed by atoms with Crippen molar-refractivity contribution in [3.8, 4) is 0 Å². The Balaban J connectivity index is 1.66. The van der Waals surface area contributed by atoms with Crippen LogP contribution < -0.4 is 10.6 Å². The average Bonchev–Trinajstić information content (AvgIpc) is 2.73. The number of anilines is 1. The molecule has 0 heterocycles. The molecule has 2 amide bonds. The Bertz CT molecular complexity index is 511. The molecule has 0 radical (unpaired) electrons. The number of para-hydroxylation sites is 1. The maximum Gasteiger partial charge on any atom is 0.319 e. The van der Waals surface area contributed by atoms with Crippen LogP contribution in [-0.4, -0.2) is 12.1 Å². The summed E-state index contributed by atoms with van der Waals surface area (Å²) < 4.78 is 0. The Labute approximate surface area is 121 Å². The van der Waals surface area contributed by atoms with Gasteiger partial charge in [0.2, 0.25) is 0 Å². The van der Waals surface area contributed by atoms with Crippen LogP contribution in [-0.2, 0) is 0 Å². The van der Waals surface area contributed by atoms with Gasteiger partial charge in [0.25, 0.3) is 0 Å². The average molecular weight is 272 g/mol. The first-order valence-corrected chi connectivity index (χ1v) is 7.56. The first kappa shape index (κ1) is 13.5. The minimum absolute atomic E-state index is 0.0780. The van der Waals surface area contributed by atoms with E-state index in [1.54, 1.807) is 0 Å². The van der Waals surface area contributed by atoms with Crippen LogP contribution >= 0.6 is 0 Å². The molecular weight excluding hydrogens is 248 g/mol. The van der Waals surface area contributed by atoms with Crippen molar-refractivity contribution in [2.75, 3.05) is 5.32 Å². The molecule has 1 aromatic carbocycles. The summed E-state index contributed by atoms with van der Waals surface area (Å²) in [5.41, 5.74) is 1.40. The second-order valence-electron chi connectivity index (χ2n) is 7.13. The molecule has 2 aliphatic rings. The Hall–Kier alpha value is -1.51. The monoisotopic (exact) mass is 272 g/mol. The van der Waals surface area contributed by atoms with Crippen molar-refractivity contribution in [3.63, 3.8) is 0 Å². The van der Waals surface area contributed by atoms with Gasteiger partial charge in [-0.25, -0.2) is 4.79 Å². The minimum Gasteiger partial charge on any atom is -0.335 e. The van der Waals surface area contributed by atoms with Crippen LogP contribution in [0.3, 0.4) is 0 Å². The molecule has 20 heavy (non-hydrogen) atoms. The molecule has 1 aromatic rings. The van der Waals surface area contributed by atoms with Crippen LogP contribution in [0.1, 0.15) is 40.0 Å². The summed E-state index contributed by atoms with van der Waals surface area (Å²) in [5, 5.41) is 6.13. The lowest BCUT2D eigenvalue weighted by atomic mass is 9.69. The van der Waals surface area contributed by atoms with E-state index in [0.29, 0.717) is 11.5 Å². The number of urea groups is 1. The van der Waals surface area contributed by atoms with Gasteiger partial charge in [0, 0.05) is 11.7 Å². The smallest absolute Gasteiger partial charge is 0.319 e. The number of carbonyl (C=O) groups is 1. The van der Waals surface area contributed by atoms with Crippen molar-refractivity contribution in [2.24, 2.45) is 16.7 Å². The van der Waals surface area contributed by atoms with Gasteiger partial charge < -0.3 is 10.6 Å². The van der Waals surface area contributed by atoms with Crippen molar-refractivity contribution in [1.29, 1.82) is 0 Å². The second-order valence-corrected chi connectivity index (χ2v) is 7.13. The van der Waals surface area contributed by atoms with E-state index < -0.39 is 0 Å². The van der Waals surface area contributed by atoms with E-state index >= 15 is 0 Å². The number of nitrogens with one attached hydrogen (secondary N) is 2. The standard InChI is InChI=1S/C17H24N2O/c1-16(2)12-9-10-17(16,3)14(11-12)19-15(20)18-13-7-5-4-6-8-13/h4-8,12,14H,9-11H2,1-3H3,(H2,18,19,20)/t12-,14+,17-/m0/s1. The number of hydrogen-bond donors (Lipinski definition) is 2. The van der Waals surface area contributed by atoms with Gasteiger partial charge in [-0.15, -0.1) is 0 Å². The van der Waals surface area contributed by atoms with Crippen molar-refractivity contribution >= 4 is 11.7 Å². The van der Waals surface area contributed by atoms with Crippen molar-refractivity contribution in [3.05, 3.63) is 30.3 Å². The fourth-order valence-electron chi connectivity index (χ4n) is 4.27. The van der Waals surface area contributed by atoms with E-state index in [1.165, 1.54) is 12.8 Å². The molecule has 2 N–H and O–H groups in total. The van der Waals surface area contributed by atoms with E-state index in [0.717, 1.165) is 18.0 Å². The molecule has 0 unspecified atom stereocenters. The third-order valence-corrected chi connectivity index (χ3v) is 6.13. The number of fused-ring (bicyclic) bond motifs is 2. The molecule has 2 fully saturated rings. The highest BCUT2D eigenvalue weighted by atomic mass is 16.2. The Kier molecular flexibility index (Phi) is 3.03. The molecule has 2 aliphatic carbocycles. The van der Waals surface area contributed by atoms with Crippen LogP contribution in [0.25, 0.3) is 0 Å². The molecular formula is C17H24N2O. The van der Waals surface area contributed by atoms with Crippen molar-refractivity contribution < 1.29 is 4.79 Å². The molecule has 2 saturated carbocycles. The van der Waals surface area contributed by atoms with Gasteiger partial charge in [0.05, 0.1) is 0 Å². The van der Waals surface area contributed by atoms with Crippen LogP contribution in [0.4, 0.5) is 10.5 Å². The lowest BCUT2D eigenvalue weighted by Gasteiger charge is -2.39. The molecule has 2 bridgehead atoms. The molecule has 3 rings (SSSR count). The third-order valence-electron chi connectivity index (χ3n) is 6.13. The fourth-order valence-corrected chi connectivity index (χ4v) is 4.27. The molecule has 0 aromatic heterocycles. The molecule has 0 spiro atoms. The number of rotatable bonds is 2. The summed E-state index contributed by atoms with van der Waals surface area (Å²) in [7, 11) is 0. The van der Waals surface area contributed by atoms with Crippen LogP contribution in [0.5, 0.6) is 0 Å². The molecule has 3 atom stereocenters. The molecule has 3 heteroatoms. The molecule has 3 nitrogen and oxygen atoms in total. The van der Waals surface area contributed by atoms with Crippen molar-refractivity contribution in [2.45, 2.75) is 46.1 Å². The van der Waals surface area contributed by atoms with Gasteiger partial charge in [0.15, 0.2) is 0 Å². The first-order chi connectivity index (χ1) is 9.43. The van der Waals surface area contributed by atoms with Gasteiger partial charge in [-0.1, -0.05) is 39.0 Å². The number of carbonyl (C=O) groups excluding carboxylic acids is 1. The minimum atomic E-state index is -0.0780. The van der Waals surface area contributed by atoms with E-state index in [4.69, 9.17) is 0 Å². The van der Waals surface area contributed by atoms with E-state index in [-0.39, 0.29) is 11.4 Å². The summed E-state index contributed by atoms with van der Waals surface area (Å²) in [6.45, 7) is 7.07. The summed E-state index contributed by atoms with van der Waals surface area (Å²) >= 11 is 0. The predicted octanol–water partition coefficient (Wildman–Crippen LogP) is 4.02. The number of benzene rings is 1. The highest BCUT2D eigenvalue weighted by molar-refractivity contribution is 5.89. The zero-order chi connectivity index (χ0) is 14.4. The maximum absolute atomic E-state index is 12.2. The Morgan fingerprint density at radius 2 is 1.90 bits per heavy atom. The highest BCUT2D eigenvalue weighted by Crippen LogP contribution is 2.65. The topological polar surface area (TPSA) is 41.1 Å². The second kappa shape index (κ2) is 4.51. The lowest BCUT2D eigenvalue weighted by molar-refractivity contribution is 0.125. The quantitative estimate of drug-likeness (QED) is 0.838. The van der Waals surface area contributed by atoms with Crippen LogP contribution in [0, 0.1) is 16.7 Å². The van der Waals surface area contributed by atoms with Crippen LogP contribution in [0.15, 0.2) is 30.3 Å². The summed E-state index contributed by atoms with van der Waals surface area (Å²) in [4.78, 5) is 12.2.